The van der Waals surface area contributed by atoms with Gasteiger partial charge in [-0.2, -0.15) is 0 Å². The number of carbonyl (C=O) groups excluding carboxylic acids is 2. The highest BCUT2D eigenvalue weighted by molar-refractivity contribution is 6.25. The largest absolute Gasteiger partial charge is 0.507 e. The number of benzene rings is 1. The van der Waals surface area contributed by atoms with Gasteiger partial charge in [-0.25, -0.2) is 0 Å². The standard InChI is InChI=1S/C16H16O10/c17-4-9-13(22)14(23)15(24)16(26-9)25-8-3-7(20)10-5(18)1-2-6(19)11(10)12(8)21/h1-3,9,13-19,22-24H,4H2/t9-,13+,14+,15-,16+/m1/s1. The Kier molecular flexibility index (Phi) is 4.69. The normalized spacial score (nSPS) is 31.4. The van der Waals surface area contributed by atoms with E-state index >= 15 is 0 Å². The molecule has 0 saturated carbocycles. The van der Waals surface area contributed by atoms with Crippen molar-refractivity contribution in [1.29, 1.82) is 0 Å². The second-order valence-electron chi connectivity index (χ2n) is 5.87. The van der Waals surface area contributed by atoms with Gasteiger partial charge in [0.15, 0.2) is 11.5 Å². The smallest absolute Gasteiger partial charge is 0.232 e. The van der Waals surface area contributed by atoms with Gasteiger partial charge in [0.25, 0.3) is 0 Å². The molecule has 140 valence electrons. The molecule has 3 rings (SSSR count). The summed E-state index contributed by atoms with van der Waals surface area (Å²) in [6.45, 7) is -0.700. The average molecular weight is 368 g/mol. The van der Waals surface area contributed by atoms with Gasteiger partial charge in [0.2, 0.25) is 12.1 Å². The lowest BCUT2D eigenvalue weighted by Crippen LogP contribution is -2.59. The van der Waals surface area contributed by atoms with E-state index in [4.69, 9.17) is 14.6 Å². The molecule has 10 nitrogen and oxygen atoms in total. The van der Waals surface area contributed by atoms with E-state index in [1.165, 1.54) is 0 Å². The molecule has 0 aromatic heterocycles. The molecule has 10 heteroatoms. The number of hydrogen-bond donors (Lipinski definition) is 6. The Morgan fingerprint density at radius 3 is 2.19 bits per heavy atom. The van der Waals surface area contributed by atoms with Crippen LogP contribution in [0.2, 0.25) is 0 Å². The maximum atomic E-state index is 12.5. The summed E-state index contributed by atoms with van der Waals surface area (Å²) in [5, 5.41) is 58.1. The number of phenols is 2. The van der Waals surface area contributed by atoms with E-state index in [-0.39, 0.29) is 0 Å². The summed E-state index contributed by atoms with van der Waals surface area (Å²) in [6, 6.07) is 2.08. The van der Waals surface area contributed by atoms with Gasteiger partial charge in [-0.15, -0.1) is 0 Å². The van der Waals surface area contributed by atoms with Gasteiger partial charge < -0.3 is 40.1 Å². The average Bonchev–Trinajstić information content (AvgIpc) is 2.61. The number of aliphatic hydroxyl groups is 4. The first-order valence-electron chi connectivity index (χ1n) is 7.59. The maximum absolute atomic E-state index is 12.5. The Labute approximate surface area is 146 Å². The molecule has 1 fully saturated rings. The van der Waals surface area contributed by atoms with E-state index in [0.717, 1.165) is 18.2 Å². The minimum Gasteiger partial charge on any atom is -0.507 e. The zero-order valence-electron chi connectivity index (χ0n) is 13.1. The monoisotopic (exact) mass is 368 g/mol. The van der Waals surface area contributed by atoms with Crippen molar-refractivity contribution in [2.24, 2.45) is 0 Å². The number of ketones is 2. The van der Waals surface area contributed by atoms with Gasteiger partial charge in [-0.05, 0) is 12.1 Å². The summed E-state index contributed by atoms with van der Waals surface area (Å²) in [5.74, 6) is -3.44. The van der Waals surface area contributed by atoms with Crippen LogP contribution in [0.3, 0.4) is 0 Å². The van der Waals surface area contributed by atoms with Crippen LogP contribution in [0, 0.1) is 0 Å². The van der Waals surface area contributed by atoms with Crippen LogP contribution in [0.15, 0.2) is 24.0 Å². The molecule has 26 heavy (non-hydrogen) atoms. The van der Waals surface area contributed by atoms with E-state index in [9.17, 15) is 35.1 Å². The summed E-state index contributed by atoms with van der Waals surface area (Å²) in [6.07, 6.45) is -7.33. The van der Waals surface area contributed by atoms with Crippen LogP contribution in [-0.4, -0.2) is 79.5 Å². The molecule has 0 spiro atoms. The fourth-order valence-corrected chi connectivity index (χ4v) is 2.82. The number of carbonyl (C=O) groups is 2. The quantitative estimate of drug-likeness (QED) is 0.333. The van der Waals surface area contributed by atoms with Crippen LogP contribution < -0.4 is 0 Å². The lowest BCUT2D eigenvalue weighted by Gasteiger charge is -2.39. The van der Waals surface area contributed by atoms with E-state index in [1.807, 2.05) is 0 Å². The van der Waals surface area contributed by atoms with Crippen molar-refractivity contribution in [3.05, 3.63) is 35.1 Å². The second-order valence-corrected chi connectivity index (χ2v) is 5.87. The molecule has 1 saturated heterocycles. The van der Waals surface area contributed by atoms with Crippen molar-refractivity contribution in [3.8, 4) is 11.5 Å². The topological polar surface area (TPSA) is 174 Å². The van der Waals surface area contributed by atoms with Gasteiger partial charge >= 0.3 is 0 Å². The molecule has 0 unspecified atom stereocenters. The van der Waals surface area contributed by atoms with Crippen LogP contribution in [0.25, 0.3) is 0 Å². The van der Waals surface area contributed by atoms with E-state index < -0.39 is 77.3 Å². The Bertz CT molecular complexity index is 783. The Balaban J connectivity index is 1.90. The number of aliphatic hydroxyl groups excluding tert-OH is 4. The number of rotatable bonds is 3. The van der Waals surface area contributed by atoms with Gasteiger partial charge in [-0.3, -0.25) is 9.59 Å². The molecule has 2 aliphatic rings. The Hall–Kier alpha value is -2.50. The molecule has 1 aromatic rings. The molecule has 6 N–H and O–H groups in total. The molecule has 1 aromatic carbocycles. The lowest BCUT2D eigenvalue weighted by molar-refractivity contribution is -0.290. The number of phenolic OH excluding ortho intramolecular Hbond substituents is 2. The van der Waals surface area contributed by atoms with Crippen LogP contribution in [0.4, 0.5) is 0 Å². The van der Waals surface area contributed by atoms with Crippen molar-refractivity contribution in [2.45, 2.75) is 30.7 Å². The van der Waals surface area contributed by atoms with Crippen LogP contribution >= 0.6 is 0 Å². The number of hydrogen-bond acceptors (Lipinski definition) is 10. The van der Waals surface area contributed by atoms with E-state index in [1.54, 1.807) is 0 Å². The Morgan fingerprint density at radius 2 is 1.58 bits per heavy atom. The molecule has 1 aliphatic heterocycles. The van der Waals surface area contributed by atoms with Crippen molar-refractivity contribution in [3.63, 3.8) is 0 Å². The molecule has 0 bridgehead atoms. The number of Topliss-reactive ketones (excluding diaryl/α,β-unsaturated/α-hetero) is 1. The fourth-order valence-electron chi connectivity index (χ4n) is 2.82. The molecule has 1 heterocycles. The summed E-state index contributed by atoms with van der Waals surface area (Å²) < 4.78 is 10.3. The predicted molar refractivity (Wildman–Crippen MR) is 81.4 cm³/mol. The number of allylic oxidation sites excluding steroid dienone is 2. The minimum absolute atomic E-state index is 0.392. The number of aromatic hydroxyl groups is 2. The van der Waals surface area contributed by atoms with E-state index in [2.05, 4.69) is 0 Å². The van der Waals surface area contributed by atoms with Crippen LogP contribution in [0.1, 0.15) is 20.7 Å². The summed E-state index contributed by atoms with van der Waals surface area (Å²) in [7, 11) is 0. The molecule has 5 atom stereocenters. The third-order valence-corrected chi connectivity index (χ3v) is 4.21. The third kappa shape index (κ3) is 2.83. The first-order valence-corrected chi connectivity index (χ1v) is 7.59. The maximum Gasteiger partial charge on any atom is 0.232 e. The van der Waals surface area contributed by atoms with Crippen molar-refractivity contribution < 1.29 is 49.7 Å². The fraction of sp³-hybridized carbons (Fsp3) is 0.375. The molecular weight excluding hydrogens is 352 g/mol. The highest BCUT2D eigenvalue weighted by Gasteiger charge is 2.46. The van der Waals surface area contributed by atoms with Crippen molar-refractivity contribution >= 4 is 11.6 Å². The summed E-state index contributed by atoms with van der Waals surface area (Å²) in [4.78, 5) is 24.7. The van der Waals surface area contributed by atoms with E-state index in [0.29, 0.717) is 0 Å². The number of fused-ring (bicyclic) bond motifs is 1. The summed E-state index contributed by atoms with van der Waals surface area (Å²) >= 11 is 0. The van der Waals surface area contributed by atoms with Gasteiger partial charge in [-0.1, -0.05) is 0 Å². The van der Waals surface area contributed by atoms with Crippen molar-refractivity contribution in [1.82, 2.24) is 0 Å². The van der Waals surface area contributed by atoms with Gasteiger partial charge in [0.1, 0.15) is 35.9 Å². The molecule has 1 aliphatic carbocycles. The minimum atomic E-state index is -1.78. The molecule has 0 radical (unpaired) electrons. The third-order valence-electron chi connectivity index (χ3n) is 4.21. The van der Waals surface area contributed by atoms with Gasteiger partial charge in [0, 0.05) is 6.08 Å². The molecule has 0 amide bonds. The van der Waals surface area contributed by atoms with Crippen LogP contribution in [0.5, 0.6) is 11.5 Å². The zero-order chi connectivity index (χ0) is 19.2. The van der Waals surface area contributed by atoms with Crippen LogP contribution in [-0.2, 0) is 9.47 Å². The van der Waals surface area contributed by atoms with Crippen molar-refractivity contribution in [2.75, 3.05) is 6.61 Å². The number of ether oxygens (including phenoxy) is 2. The highest BCUT2D eigenvalue weighted by atomic mass is 16.7. The Morgan fingerprint density at radius 1 is 0.962 bits per heavy atom. The predicted octanol–water partition coefficient (Wildman–Crippen LogP) is -1.82. The zero-order valence-corrected chi connectivity index (χ0v) is 13.1. The lowest BCUT2D eigenvalue weighted by atomic mass is 9.91. The van der Waals surface area contributed by atoms with Gasteiger partial charge in [0.05, 0.1) is 17.7 Å². The molecular formula is C16H16O10. The summed E-state index contributed by atoms with van der Waals surface area (Å²) in [5.41, 5.74) is -0.867. The first-order chi connectivity index (χ1) is 12.3. The highest BCUT2D eigenvalue weighted by Crippen LogP contribution is 2.36. The first kappa shape index (κ1) is 18.3. The second kappa shape index (κ2) is 6.67. The SMILES string of the molecule is O=C1C=C(O[C@H]2O[C@H](CO)[C@H](O)[C@H](O)[C@H]2O)C(=O)c2c(O)ccc(O)c21.